The smallest absolute Gasteiger partial charge is 0.182 e. The second-order valence-electron chi connectivity index (χ2n) is 5.29. The van der Waals surface area contributed by atoms with Gasteiger partial charge >= 0.3 is 0 Å². The molecule has 0 radical (unpaired) electrons. The summed E-state index contributed by atoms with van der Waals surface area (Å²) in [6.07, 6.45) is 2.12. The average molecular weight is 289 g/mol. The van der Waals surface area contributed by atoms with E-state index in [2.05, 4.69) is 68.8 Å². The molecule has 0 fully saturated rings. The van der Waals surface area contributed by atoms with Crippen LogP contribution in [0.2, 0.25) is 0 Å². The maximum absolute atomic E-state index is 4.12. The van der Waals surface area contributed by atoms with Crippen molar-refractivity contribution in [1.29, 1.82) is 0 Å². The van der Waals surface area contributed by atoms with E-state index in [1.54, 1.807) is 4.68 Å². The standard InChI is InChI=1S/C17H15N5/c1-21-17(18-19-20-21)15-8-5-9-16-14(15)10-11-22(16)12-13-6-3-2-4-7-13/h2-11H,12H2,1H3. The zero-order valence-electron chi connectivity index (χ0n) is 12.2. The highest BCUT2D eigenvalue weighted by Gasteiger charge is 2.12. The Morgan fingerprint density at radius 3 is 2.59 bits per heavy atom. The molecule has 0 spiro atoms. The molecule has 0 saturated carbocycles. The quantitative estimate of drug-likeness (QED) is 0.582. The maximum atomic E-state index is 4.12. The van der Waals surface area contributed by atoms with Crippen LogP contribution in [0.5, 0.6) is 0 Å². The second kappa shape index (κ2) is 5.11. The number of aromatic nitrogens is 5. The lowest BCUT2D eigenvalue weighted by molar-refractivity contribution is 0.715. The van der Waals surface area contributed by atoms with E-state index >= 15 is 0 Å². The number of fused-ring (bicyclic) bond motifs is 1. The Morgan fingerprint density at radius 2 is 1.82 bits per heavy atom. The molecule has 4 rings (SSSR count). The molecule has 2 aromatic carbocycles. The summed E-state index contributed by atoms with van der Waals surface area (Å²) in [5.41, 5.74) is 3.52. The van der Waals surface area contributed by atoms with Crippen LogP contribution < -0.4 is 0 Å². The van der Waals surface area contributed by atoms with Crippen molar-refractivity contribution >= 4 is 10.9 Å². The van der Waals surface area contributed by atoms with Gasteiger partial charge in [0.15, 0.2) is 5.82 Å². The fourth-order valence-corrected chi connectivity index (χ4v) is 2.79. The SMILES string of the molecule is Cn1nnnc1-c1cccc2c1ccn2Cc1ccccc1. The third-order valence-corrected chi connectivity index (χ3v) is 3.87. The molecule has 0 N–H and O–H groups in total. The van der Waals surface area contributed by atoms with Gasteiger partial charge in [0.05, 0.1) is 0 Å². The summed E-state index contributed by atoms with van der Waals surface area (Å²) in [4.78, 5) is 0. The van der Waals surface area contributed by atoms with E-state index in [9.17, 15) is 0 Å². The van der Waals surface area contributed by atoms with Crippen LogP contribution in [-0.2, 0) is 13.6 Å². The van der Waals surface area contributed by atoms with Gasteiger partial charge in [0.2, 0.25) is 0 Å². The molecule has 0 aliphatic carbocycles. The van der Waals surface area contributed by atoms with Crippen LogP contribution in [0, 0.1) is 0 Å². The summed E-state index contributed by atoms with van der Waals surface area (Å²) in [5.74, 6) is 0.781. The first-order chi connectivity index (χ1) is 10.8. The molecular formula is C17H15N5. The highest BCUT2D eigenvalue weighted by Crippen LogP contribution is 2.27. The van der Waals surface area contributed by atoms with Gasteiger partial charge < -0.3 is 4.57 Å². The van der Waals surface area contributed by atoms with Crippen LogP contribution in [-0.4, -0.2) is 24.8 Å². The van der Waals surface area contributed by atoms with Gasteiger partial charge in [-0.2, -0.15) is 0 Å². The van der Waals surface area contributed by atoms with Gasteiger partial charge in [-0.05, 0) is 28.1 Å². The molecular weight excluding hydrogens is 274 g/mol. The molecule has 2 aromatic heterocycles. The van der Waals surface area contributed by atoms with Gasteiger partial charge in [-0.3, -0.25) is 0 Å². The highest BCUT2D eigenvalue weighted by atomic mass is 15.5. The molecule has 22 heavy (non-hydrogen) atoms. The third-order valence-electron chi connectivity index (χ3n) is 3.87. The first-order valence-electron chi connectivity index (χ1n) is 7.17. The molecule has 4 aromatic rings. The fourth-order valence-electron chi connectivity index (χ4n) is 2.79. The Bertz CT molecular complexity index is 921. The van der Waals surface area contributed by atoms with Crippen LogP contribution >= 0.6 is 0 Å². The van der Waals surface area contributed by atoms with Gasteiger partial charge in [0.25, 0.3) is 0 Å². The van der Waals surface area contributed by atoms with E-state index in [1.165, 1.54) is 11.1 Å². The normalized spacial score (nSPS) is 11.1. The lowest BCUT2D eigenvalue weighted by Crippen LogP contribution is -1.98. The van der Waals surface area contributed by atoms with E-state index in [4.69, 9.17) is 0 Å². The summed E-state index contributed by atoms with van der Waals surface area (Å²) in [6.45, 7) is 0.852. The number of aryl methyl sites for hydroxylation is 1. The van der Waals surface area contributed by atoms with Crippen molar-refractivity contribution in [2.75, 3.05) is 0 Å². The minimum absolute atomic E-state index is 0.781. The van der Waals surface area contributed by atoms with Gasteiger partial charge in [-0.15, -0.1) is 5.10 Å². The van der Waals surface area contributed by atoms with Crippen LogP contribution in [0.15, 0.2) is 60.8 Å². The summed E-state index contributed by atoms with van der Waals surface area (Å²) < 4.78 is 3.95. The summed E-state index contributed by atoms with van der Waals surface area (Å²) in [6, 6.07) is 18.8. The molecule has 0 bridgehead atoms. The Kier molecular flexibility index (Phi) is 2.96. The monoisotopic (exact) mass is 289 g/mol. The van der Waals surface area contributed by atoms with Crippen LogP contribution in [0.1, 0.15) is 5.56 Å². The van der Waals surface area contributed by atoms with Crippen molar-refractivity contribution in [2.45, 2.75) is 6.54 Å². The lowest BCUT2D eigenvalue weighted by Gasteiger charge is -2.07. The molecule has 108 valence electrons. The van der Waals surface area contributed by atoms with E-state index in [1.807, 2.05) is 19.2 Å². The predicted octanol–water partition coefficient (Wildman–Crippen LogP) is 2.88. The first-order valence-corrected chi connectivity index (χ1v) is 7.17. The molecule has 5 heteroatoms. The molecule has 0 atom stereocenters. The zero-order valence-corrected chi connectivity index (χ0v) is 12.2. The third kappa shape index (κ3) is 2.07. The number of nitrogens with zero attached hydrogens (tertiary/aromatic N) is 5. The van der Waals surface area contributed by atoms with Crippen molar-refractivity contribution < 1.29 is 0 Å². The van der Waals surface area contributed by atoms with Crippen molar-refractivity contribution in [3.05, 3.63) is 66.4 Å². The van der Waals surface area contributed by atoms with Crippen LogP contribution in [0.3, 0.4) is 0 Å². The summed E-state index contributed by atoms with van der Waals surface area (Å²) >= 11 is 0. The molecule has 0 unspecified atom stereocenters. The van der Waals surface area contributed by atoms with Crippen LogP contribution in [0.25, 0.3) is 22.3 Å². The number of hydrogen-bond donors (Lipinski definition) is 0. The molecule has 0 aliphatic heterocycles. The minimum Gasteiger partial charge on any atom is -0.343 e. The summed E-state index contributed by atoms with van der Waals surface area (Å²) in [7, 11) is 1.86. The highest BCUT2D eigenvalue weighted by molar-refractivity contribution is 5.93. The second-order valence-corrected chi connectivity index (χ2v) is 5.29. The molecule has 0 aliphatic rings. The lowest BCUT2D eigenvalue weighted by atomic mass is 10.1. The Hall–Kier alpha value is -2.95. The van der Waals surface area contributed by atoms with Crippen LogP contribution in [0.4, 0.5) is 0 Å². The van der Waals surface area contributed by atoms with E-state index in [0.29, 0.717) is 0 Å². The van der Waals surface area contributed by atoms with Crippen molar-refractivity contribution in [1.82, 2.24) is 24.8 Å². The first kappa shape index (κ1) is 12.8. The van der Waals surface area contributed by atoms with Crippen molar-refractivity contribution in [3.63, 3.8) is 0 Å². The van der Waals surface area contributed by atoms with Gasteiger partial charge in [0.1, 0.15) is 0 Å². The number of tetrazole rings is 1. The molecule has 2 heterocycles. The fraction of sp³-hybridized carbons (Fsp3) is 0.118. The van der Waals surface area contributed by atoms with Crippen molar-refractivity contribution in [3.8, 4) is 11.4 Å². The molecule has 5 nitrogen and oxygen atoms in total. The minimum atomic E-state index is 0.781. The van der Waals surface area contributed by atoms with E-state index < -0.39 is 0 Å². The number of benzene rings is 2. The van der Waals surface area contributed by atoms with Gasteiger partial charge in [-0.1, -0.05) is 42.5 Å². The van der Waals surface area contributed by atoms with E-state index in [0.717, 1.165) is 23.3 Å². The number of hydrogen-bond acceptors (Lipinski definition) is 3. The largest absolute Gasteiger partial charge is 0.343 e. The Morgan fingerprint density at radius 1 is 0.955 bits per heavy atom. The Balaban J connectivity index is 1.82. The molecule has 0 amide bonds. The predicted molar refractivity (Wildman–Crippen MR) is 85.3 cm³/mol. The number of rotatable bonds is 3. The Labute approximate surface area is 127 Å². The average Bonchev–Trinajstić information content (AvgIpc) is 3.15. The topological polar surface area (TPSA) is 48.5 Å². The summed E-state index contributed by atoms with van der Waals surface area (Å²) in [5, 5.41) is 12.9. The van der Waals surface area contributed by atoms with Gasteiger partial charge in [-0.25, -0.2) is 4.68 Å². The van der Waals surface area contributed by atoms with Crippen molar-refractivity contribution in [2.24, 2.45) is 7.05 Å². The maximum Gasteiger partial charge on any atom is 0.182 e. The van der Waals surface area contributed by atoms with E-state index in [-0.39, 0.29) is 0 Å². The van der Waals surface area contributed by atoms with Gasteiger partial charge in [0, 0.05) is 36.3 Å². The zero-order chi connectivity index (χ0) is 14.9. The molecule has 0 saturated heterocycles.